The van der Waals surface area contributed by atoms with Gasteiger partial charge in [0.1, 0.15) is 0 Å². The molecule has 92 valence electrons. The van der Waals surface area contributed by atoms with Crippen LogP contribution in [0.25, 0.3) is 0 Å². The van der Waals surface area contributed by atoms with E-state index in [0.717, 1.165) is 31.4 Å². The van der Waals surface area contributed by atoms with E-state index in [1.54, 1.807) is 6.20 Å². The highest BCUT2D eigenvalue weighted by Gasteiger charge is 2.27. The SMILES string of the molecule is COC(=O)[C@H]1CC[C@H](c2ccc(N)cn2)CC1. The van der Waals surface area contributed by atoms with Gasteiger partial charge in [-0.15, -0.1) is 0 Å². The highest BCUT2D eigenvalue weighted by atomic mass is 16.5. The zero-order chi connectivity index (χ0) is 12.3. The van der Waals surface area contributed by atoms with Gasteiger partial charge < -0.3 is 10.5 Å². The number of carbonyl (C=O) groups excluding carboxylic acids is 1. The van der Waals surface area contributed by atoms with Crippen molar-refractivity contribution in [2.45, 2.75) is 31.6 Å². The number of rotatable bonds is 2. The van der Waals surface area contributed by atoms with Gasteiger partial charge in [-0.2, -0.15) is 0 Å². The molecule has 0 bridgehead atoms. The van der Waals surface area contributed by atoms with E-state index in [9.17, 15) is 4.79 Å². The van der Waals surface area contributed by atoms with Gasteiger partial charge in [0, 0.05) is 11.6 Å². The minimum absolute atomic E-state index is 0.0741. The minimum Gasteiger partial charge on any atom is -0.469 e. The molecule has 0 radical (unpaired) electrons. The Bertz CT molecular complexity index is 381. The van der Waals surface area contributed by atoms with Crippen LogP contribution < -0.4 is 5.73 Å². The number of anilines is 1. The van der Waals surface area contributed by atoms with E-state index in [2.05, 4.69) is 4.98 Å². The van der Waals surface area contributed by atoms with E-state index in [-0.39, 0.29) is 11.9 Å². The number of methoxy groups -OCH3 is 1. The summed E-state index contributed by atoms with van der Waals surface area (Å²) in [7, 11) is 1.45. The Balaban J connectivity index is 1.95. The van der Waals surface area contributed by atoms with E-state index in [4.69, 9.17) is 10.5 Å². The van der Waals surface area contributed by atoms with Crippen molar-refractivity contribution in [3.05, 3.63) is 24.0 Å². The number of nitrogens with zero attached hydrogens (tertiary/aromatic N) is 1. The minimum atomic E-state index is -0.0753. The van der Waals surface area contributed by atoms with Crippen molar-refractivity contribution in [2.24, 2.45) is 5.92 Å². The van der Waals surface area contributed by atoms with E-state index in [1.807, 2.05) is 12.1 Å². The molecule has 1 fully saturated rings. The number of ether oxygens (including phenoxy) is 1. The van der Waals surface area contributed by atoms with Crippen LogP contribution in [-0.4, -0.2) is 18.1 Å². The Kier molecular flexibility index (Phi) is 3.61. The maximum absolute atomic E-state index is 11.4. The average Bonchev–Trinajstić information content (AvgIpc) is 2.39. The molecule has 1 aromatic heterocycles. The van der Waals surface area contributed by atoms with Gasteiger partial charge in [-0.05, 0) is 37.8 Å². The Hall–Kier alpha value is -1.58. The van der Waals surface area contributed by atoms with Crippen molar-refractivity contribution in [1.82, 2.24) is 4.98 Å². The van der Waals surface area contributed by atoms with Crippen LogP contribution >= 0.6 is 0 Å². The van der Waals surface area contributed by atoms with Crippen LogP contribution in [0.4, 0.5) is 5.69 Å². The molecule has 1 aliphatic carbocycles. The van der Waals surface area contributed by atoms with Crippen LogP contribution in [0.5, 0.6) is 0 Å². The highest BCUT2D eigenvalue weighted by Crippen LogP contribution is 2.35. The van der Waals surface area contributed by atoms with Gasteiger partial charge in [0.2, 0.25) is 0 Å². The molecular formula is C13H18N2O2. The lowest BCUT2D eigenvalue weighted by molar-refractivity contribution is -0.146. The number of carbonyl (C=O) groups is 1. The molecule has 0 amide bonds. The lowest BCUT2D eigenvalue weighted by Crippen LogP contribution is -2.22. The van der Waals surface area contributed by atoms with Crippen molar-refractivity contribution in [2.75, 3.05) is 12.8 Å². The first-order chi connectivity index (χ1) is 8.20. The number of hydrogen-bond acceptors (Lipinski definition) is 4. The molecule has 0 atom stereocenters. The lowest BCUT2D eigenvalue weighted by Gasteiger charge is -2.26. The molecule has 0 unspecified atom stereocenters. The first kappa shape index (κ1) is 11.9. The average molecular weight is 234 g/mol. The van der Waals surface area contributed by atoms with Gasteiger partial charge >= 0.3 is 5.97 Å². The zero-order valence-corrected chi connectivity index (χ0v) is 10.1. The first-order valence-electron chi connectivity index (χ1n) is 6.00. The molecule has 4 heteroatoms. The fraction of sp³-hybridized carbons (Fsp3) is 0.538. The monoisotopic (exact) mass is 234 g/mol. The zero-order valence-electron chi connectivity index (χ0n) is 10.1. The number of nitrogens with two attached hydrogens (primary N) is 1. The predicted molar refractivity (Wildman–Crippen MR) is 65.4 cm³/mol. The Morgan fingerprint density at radius 2 is 2.06 bits per heavy atom. The summed E-state index contributed by atoms with van der Waals surface area (Å²) >= 11 is 0. The van der Waals surface area contributed by atoms with Crippen molar-refractivity contribution < 1.29 is 9.53 Å². The van der Waals surface area contributed by atoms with Gasteiger partial charge in [-0.3, -0.25) is 9.78 Å². The van der Waals surface area contributed by atoms with Gasteiger partial charge in [-0.1, -0.05) is 0 Å². The molecule has 0 spiro atoms. The molecule has 1 aliphatic rings. The molecular weight excluding hydrogens is 216 g/mol. The molecule has 1 aromatic rings. The smallest absolute Gasteiger partial charge is 0.308 e. The normalized spacial score (nSPS) is 24.3. The summed E-state index contributed by atoms with van der Waals surface area (Å²) in [5, 5.41) is 0. The second kappa shape index (κ2) is 5.17. The van der Waals surface area contributed by atoms with Crippen LogP contribution in [0.15, 0.2) is 18.3 Å². The van der Waals surface area contributed by atoms with Crippen molar-refractivity contribution in [1.29, 1.82) is 0 Å². The molecule has 0 aromatic carbocycles. The van der Waals surface area contributed by atoms with E-state index >= 15 is 0 Å². The summed E-state index contributed by atoms with van der Waals surface area (Å²) in [6.45, 7) is 0. The third-order valence-corrected chi connectivity index (χ3v) is 3.49. The largest absolute Gasteiger partial charge is 0.469 e. The molecule has 4 nitrogen and oxygen atoms in total. The second-order valence-electron chi connectivity index (χ2n) is 4.59. The molecule has 1 heterocycles. The number of aromatic nitrogens is 1. The van der Waals surface area contributed by atoms with Crippen molar-refractivity contribution >= 4 is 11.7 Å². The maximum atomic E-state index is 11.4. The standard InChI is InChI=1S/C13H18N2O2/c1-17-13(16)10-4-2-9(3-5-10)12-7-6-11(14)8-15-12/h6-10H,2-5,14H2,1H3/t9-,10-. The molecule has 0 aliphatic heterocycles. The van der Waals surface area contributed by atoms with Crippen LogP contribution in [0.3, 0.4) is 0 Å². The topological polar surface area (TPSA) is 65.2 Å². The quantitative estimate of drug-likeness (QED) is 0.796. The Labute approximate surface area is 101 Å². The number of esters is 1. The lowest BCUT2D eigenvalue weighted by atomic mass is 9.80. The summed E-state index contributed by atoms with van der Waals surface area (Å²) in [4.78, 5) is 15.8. The van der Waals surface area contributed by atoms with Crippen LogP contribution in [0.2, 0.25) is 0 Å². The van der Waals surface area contributed by atoms with Gasteiger partial charge in [-0.25, -0.2) is 0 Å². The number of hydrogen-bond donors (Lipinski definition) is 1. The Morgan fingerprint density at radius 1 is 1.35 bits per heavy atom. The summed E-state index contributed by atoms with van der Waals surface area (Å²) in [6, 6.07) is 3.87. The molecule has 17 heavy (non-hydrogen) atoms. The van der Waals surface area contributed by atoms with Crippen LogP contribution in [0, 0.1) is 5.92 Å². The number of pyridine rings is 1. The summed E-state index contributed by atoms with van der Waals surface area (Å²) in [5.74, 6) is 0.454. The first-order valence-corrected chi connectivity index (χ1v) is 6.00. The van der Waals surface area contributed by atoms with Crippen molar-refractivity contribution in [3.8, 4) is 0 Å². The Morgan fingerprint density at radius 3 is 2.59 bits per heavy atom. The fourth-order valence-corrected chi connectivity index (χ4v) is 2.45. The molecule has 0 saturated heterocycles. The van der Waals surface area contributed by atoms with E-state index < -0.39 is 0 Å². The van der Waals surface area contributed by atoms with Crippen LogP contribution in [-0.2, 0) is 9.53 Å². The third kappa shape index (κ3) is 2.75. The van der Waals surface area contributed by atoms with Gasteiger partial charge in [0.25, 0.3) is 0 Å². The molecule has 2 rings (SSSR count). The summed E-state index contributed by atoms with van der Waals surface area (Å²) in [6.07, 6.45) is 5.47. The number of nitrogen functional groups attached to an aromatic ring is 1. The fourth-order valence-electron chi connectivity index (χ4n) is 2.45. The van der Waals surface area contributed by atoms with E-state index in [0.29, 0.717) is 11.6 Å². The highest BCUT2D eigenvalue weighted by molar-refractivity contribution is 5.72. The molecule has 1 saturated carbocycles. The predicted octanol–water partition coefficient (Wildman–Crippen LogP) is 2.11. The van der Waals surface area contributed by atoms with Gasteiger partial charge in [0.15, 0.2) is 0 Å². The van der Waals surface area contributed by atoms with Crippen molar-refractivity contribution in [3.63, 3.8) is 0 Å². The summed E-state index contributed by atoms with van der Waals surface area (Å²) < 4.78 is 4.78. The van der Waals surface area contributed by atoms with Gasteiger partial charge in [0.05, 0.1) is 24.9 Å². The maximum Gasteiger partial charge on any atom is 0.308 e. The van der Waals surface area contributed by atoms with E-state index in [1.165, 1.54) is 7.11 Å². The molecule has 2 N–H and O–H groups in total. The second-order valence-corrected chi connectivity index (χ2v) is 4.59. The van der Waals surface area contributed by atoms with Crippen LogP contribution in [0.1, 0.15) is 37.3 Å². The third-order valence-electron chi connectivity index (χ3n) is 3.49. The summed E-state index contributed by atoms with van der Waals surface area (Å²) in [5.41, 5.74) is 7.39.